The first-order valence-corrected chi connectivity index (χ1v) is 7.15. The Morgan fingerprint density at radius 2 is 2.21 bits per heavy atom. The molecule has 2 N–H and O–H groups in total. The summed E-state index contributed by atoms with van der Waals surface area (Å²) in [4.78, 5) is 0. The molecule has 1 saturated heterocycles. The van der Waals surface area contributed by atoms with Crippen molar-refractivity contribution in [2.45, 2.75) is 32.2 Å². The van der Waals surface area contributed by atoms with Gasteiger partial charge in [-0.2, -0.15) is 0 Å². The standard InChI is InChI=1S/C16H21NO2/c1-2-13-15(12-7-3-4-8-14(12)19-13)16(17)11-6-5-9-18-10-11/h3-4,7-8,11,16H,2,5-6,9-10,17H2,1H3. The van der Waals surface area contributed by atoms with Gasteiger partial charge in [0.1, 0.15) is 11.3 Å². The number of fused-ring (bicyclic) bond motifs is 1. The highest BCUT2D eigenvalue weighted by molar-refractivity contribution is 5.82. The summed E-state index contributed by atoms with van der Waals surface area (Å²) in [6.07, 6.45) is 3.13. The van der Waals surface area contributed by atoms with Gasteiger partial charge < -0.3 is 14.9 Å². The van der Waals surface area contributed by atoms with Gasteiger partial charge in [-0.3, -0.25) is 0 Å². The van der Waals surface area contributed by atoms with Gasteiger partial charge in [0.05, 0.1) is 6.61 Å². The maximum atomic E-state index is 6.52. The van der Waals surface area contributed by atoms with E-state index < -0.39 is 0 Å². The second-order valence-corrected chi connectivity index (χ2v) is 5.29. The lowest BCUT2D eigenvalue weighted by Crippen LogP contribution is -2.29. The van der Waals surface area contributed by atoms with Crippen LogP contribution in [-0.2, 0) is 11.2 Å². The van der Waals surface area contributed by atoms with Gasteiger partial charge in [-0.15, -0.1) is 0 Å². The molecule has 2 aromatic rings. The summed E-state index contributed by atoms with van der Waals surface area (Å²) in [6.45, 7) is 3.76. The Kier molecular flexibility index (Phi) is 3.58. The highest BCUT2D eigenvalue weighted by Gasteiger charge is 2.27. The summed E-state index contributed by atoms with van der Waals surface area (Å²) < 4.78 is 11.5. The number of aryl methyl sites for hydroxylation is 1. The Labute approximate surface area is 113 Å². The smallest absolute Gasteiger partial charge is 0.134 e. The Bertz CT molecular complexity index is 555. The minimum atomic E-state index is 0.0129. The van der Waals surface area contributed by atoms with E-state index in [1.165, 1.54) is 5.56 Å². The molecule has 1 aliphatic rings. The predicted octanol–water partition coefficient (Wildman–Crippen LogP) is 3.42. The first-order chi connectivity index (χ1) is 9.31. The fourth-order valence-electron chi connectivity index (χ4n) is 3.03. The largest absolute Gasteiger partial charge is 0.461 e. The van der Waals surface area contributed by atoms with Crippen LogP contribution < -0.4 is 5.73 Å². The van der Waals surface area contributed by atoms with Crippen LogP contribution in [0, 0.1) is 5.92 Å². The lowest BCUT2D eigenvalue weighted by Gasteiger charge is -2.27. The molecule has 102 valence electrons. The molecular formula is C16H21NO2. The summed E-state index contributed by atoms with van der Waals surface area (Å²) in [5, 5.41) is 1.16. The van der Waals surface area contributed by atoms with Gasteiger partial charge in [0.2, 0.25) is 0 Å². The van der Waals surface area contributed by atoms with Crippen LogP contribution in [0.5, 0.6) is 0 Å². The van der Waals surface area contributed by atoms with Crippen LogP contribution in [0.1, 0.15) is 37.1 Å². The van der Waals surface area contributed by atoms with Crippen molar-refractivity contribution in [3.05, 3.63) is 35.6 Å². The molecule has 3 rings (SSSR count). The highest BCUT2D eigenvalue weighted by Crippen LogP contribution is 2.35. The number of rotatable bonds is 3. The van der Waals surface area contributed by atoms with Gasteiger partial charge in [0, 0.05) is 35.9 Å². The van der Waals surface area contributed by atoms with Gasteiger partial charge in [-0.1, -0.05) is 25.1 Å². The molecule has 0 spiro atoms. The van der Waals surface area contributed by atoms with E-state index in [1.807, 2.05) is 18.2 Å². The van der Waals surface area contributed by atoms with E-state index in [1.54, 1.807) is 0 Å². The number of hydrogen-bond donors (Lipinski definition) is 1. The van der Waals surface area contributed by atoms with E-state index in [9.17, 15) is 0 Å². The van der Waals surface area contributed by atoms with Gasteiger partial charge in [0.15, 0.2) is 0 Å². The fourth-order valence-corrected chi connectivity index (χ4v) is 3.03. The molecule has 1 aliphatic heterocycles. The molecule has 0 bridgehead atoms. The molecule has 2 unspecified atom stereocenters. The topological polar surface area (TPSA) is 48.4 Å². The molecule has 1 aromatic heterocycles. The molecule has 2 heterocycles. The summed E-state index contributed by atoms with van der Waals surface area (Å²) in [7, 11) is 0. The van der Waals surface area contributed by atoms with E-state index in [4.69, 9.17) is 14.9 Å². The van der Waals surface area contributed by atoms with Crippen LogP contribution in [0.4, 0.5) is 0 Å². The summed E-state index contributed by atoms with van der Waals surface area (Å²) in [6, 6.07) is 8.19. The van der Waals surface area contributed by atoms with Crippen molar-refractivity contribution < 1.29 is 9.15 Å². The average Bonchev–Trinajstić information content (AvgIpc) is 2.86. The summed E-state index contributed by atoms with van der Waals surface area (Å²) >= 11 is 0. The van der Waals surface area contributed by atoms with Crippen LogP contribution in [0.2, 0.25) is 0 Å². The predicted molar refractivity (Wildman–Crippen MR) is 76.1 cm³/mol. The molecule has 2 atom stereocenters. The minimum Gasteiger partial charge on any atom is -0.461 e. The van der Waals surface area contributed by atoms with Crippen molar-refractivity contribution >= 4 is 11.0 Å². The van der Waals surface area contributed by atoms with Crippen molar-refractivity contribution in [3.63, 3.8) is 0 Å². The quantitative estimate of drug-likeness (QED) is 0.918. The zero-order valence-corrected chi connectivity index (χ0v) is 11.4. The number of furan rings is 1. The van der Waals surface area contributed by atoms with Crippen LogP contribution in [-0.4, -0.2) is 13.2 Å². The van der Waals surface area contributed by atoms with Gasteiger partial charge >= 0.3 is 0 Å². The Morgan fingerprint density at radius 3 is 2.95 bits per heavy atom. The molecule has 3 nitrogen and oxygen atoms in total. The van der Waals surface area contributed by atoms with Crippen LogP contribution in [0.3, 0.4) is 0 Å². The number of para-hydroxylation sites is 1. The van der Waals surface area contributed by atoms with Crippen LogP contribution >= 0.6 is 0 Å². The third kappa shape index (κ3) is 2.28. The molecular weight excluding hydrogens is 238 g/mol. The monoisotopic (exact) mass is 259 g/mol. The minimum absolute atomic E-state index is 0.0129. The molecule has 0 saturated carbocycles. The SMILES string of the molecule is CCc1oc2ccccc2c1C(N)C1CCCOC1. The number of ether oxygens (including phenoxy) is 1. The summed E-state index contributed by atoms with van der Waals surface area (Å²) in [5.74, 6) is 1.43. The van der Waals surface area contributed by atoms with E-state index >= 15 is 0 Å². The zero-order chi connectivity index (χ0) is 13.2. The van der Waals surface area contributed by atoms with Gasteiger partial charge in [-0.05, 0) is 18.9 Å². The summed E-state index contributed by atoms with van der Waals surface area (Å²) in [5.41, 5.74) is 8.65. The van der Waals surface area contributed by atoms with Crippen molar-refractivity contribution in [2.75, 3.05) is 13.2 Å². The van der Waals surface area contributed by atoms with Crippen LogP contribution in [0.25, 0.3) is 11.0 Å². The maximum Gasteiger partial charge on any atom is 0.134 e. The van der Waals surface area contributed by atoms with Crippen molar-refractivity contribution in [2.24, 2.45) is 11.7 Å². The van der Waals surface area contributed by atoms with Gasteiger partial charge in [-0.25, -0.2) is 0 Å². The van der Waals surface area contributed by atoms with E-state index in [0.717, 1.165) is 49.2 Å². The Morgan fingerprint density at radius 1 is 1.37 bits per heavy atom. The van der Waals surface area contributed by atoms with Crippen LogP contribution in [0.15, 0.2) is 28.7 Å². The third-order valence-electron chi connectivity index (χ3n) is 4.07. The second-order valence-electron chi connectivity index (χ2n) is 5.29. The molecule has 1 aromatic carbocycles. The maximum absolute atomic E-state index is 6.52. The normalized spacial score (nSPS) is 21.7. The zero-order valence-electron chi connectivity index (χ0n) is 11.4. The van der Waals surface area contributed by atoms with Crippen molar-refractivity contribution in [3.8, 4) is 0 Å². The second kappa shape index (κ2) is 5.35. The first-order valence-electron chi connectivity index (χ1n) is 7.15. The van der Waals surface area contributed by atoms with Gasteiger partial charge in [0.25, 0.3) is 0 Å². The lowest BCUT2D eigenvalue weighted by molar-refractivity contribution is 0.0447. The average molecular weight is 259 g/mol. The molecule has 3 heteroatoms. The Hall–Kier alpha value is -1.32. The van der Waals surface area contributed by atoms with Crippen molar-refractivity contribution in [1.29, 1.82) is 0 Å². The fraction of sp³-hybridized carbons (Fsp3) is 0.500. The van der Waals surface area contributed by atoms with E-state index in [0.29, 0.717) is 5.92 Å². The Balaban J connectivity index is 2.02. The molecule has 0 radical (unpaired) electrons. The number of benzene rings is 1. The molecule has 19 heavy (non-hydrogen) atoms. The highest BCUT2D eigenvalue weighted by atomic mass is 16.5. The first kappa shape index (κ1) is 12.7. The van der Waals surface area contributed by atoms with Crippen molar-refractivity contribution in [1.82, 2.24) is 0 Å². The third-order valence-corrected chi connectivity index (χ3v) is 4.07. The lowest BCUT2D eigenvalue weighted by atomic mass is 9.87. The number of nitrogens with two attached hydrogens (primary N) is 1. The molecule has 1 fully saturated rings. The molecule has 0 aliphatic carbocycles. The number of hydrogen-bond acceptors (Lipinski definition) is 3. The van der Waals surface area contributed by atoms with E-state index in [2.05, 4.69) is 13.0 Å². The van der Waals surface area contributed by atoms with E-state index in [-0.39, 0.29) is 6.04 Å². The molecule has 0 amide bonds.